The Bertz CT molecular complexity index is 898. The Morgan fingerprint density at radius 2 is 2.08 bits per heavy atom. The lowest BCUT2D eigenvalue weighted by Crippen LogP contribution is -2.22. The topological polar surface area (TPSA) is 63.2 Å². The number of carbonyl (C=O) groups excluding carboxylic acids is 1. The minimum atomic E-state index is -2.95. The summed E-state index contributed by atoms with van der Waals surface area (Å²) in [5.74, 6) is -0.446. The Kier molecular flexibility index (Phi) is 5.08. The molecule has 0 fully saturated rings. The van der Waals surface area contributed by atoms with Crippen LogP contribution in [0.4, 0.5) is 20.2 Å². The predicted octanol–water partition coefficient (Wildman–Crippen LogP) is 4.26. The number of halogens is 2. The van der Waals surface area contributed by atoms with Crippen molar-refractivity contribution in [3.8, 4) is 5.75 Å². The minimum absolute atomic E-state index is 0.00763. The molecule has 130 valence electrons. The molecule has 0 radical (unpaired) electrons. The van der Waals surface area contributed by atoms with Crippen LogP contribution in [0, 0.1) is 6.92 Å². The molecule has 8 heteroatoms. The summed E-state index contributed by atoms with van der Waals surface area (Å²) >= 11 is 1.57. The largest absolute Gasteiger partial charge is 0.433 e. The molecule has 1 aromatic heterocycles. The van der Waals surface area contributed by atoms with E-state index in [2.05, 4.69) is 20.4 Å². The summed E-state index contributed by atoms with van der Waals surface area (Å²) in [6.45, 7) is -1.03. The third-order valence-electron chi connectivity index (χ3n) is 3.33. The number of carbonyl (C=O) groups is 1. The fourth-order valence-electron chi connectivity index (χ4n) is 2.30. The van der Waals surface area contributed by atoms with Crippen LogP contribution >= 0.6 is 11.3 Å². The smallest absolute Gasteiger partial charge is 0.387 e. The van der Waals surface area contributed by atoms with Gasteiger partial charge in [0.25, 0.3) is 0 Å². The van der Waals surface area contributed by atoms with Crippen LogP contribution in [0.5, 0.6) is 5.75 Å². The standard InChI is InChI=1S/C17H15F2N3O2S/c1-10-21-13-7-6-11(8-15(13)25-10)20-9-16(23)22-12-4-2-3-5-14(12)24-17(18)19/h2-8,17,20H,9H2,1H3,(H,22,23). The first-order valence-electron chi connectivity index (χ1n) is 7.46. The summed E-state index contributed by atoms with van der Waals surface area (Å²) in [5.41, 5.74) is 1.89. The zero-order valence-electron chi connectivity index (χ0n) is 13.3. The molecule has 2 aromatic carbocycles. The van der Waals surface area contributed by atoms with Crippen LogP contribution in [0.1, 0.15) is 5.01 Å². The van der Waals surface area contributed by atoms with Crippen LogP contribution in [0.25, 0.3) is 10.2 Å². The lowest BCUT2D eigenvalue weighted by molar-refractivity contribution is -0.114. The van der Waals surface area contributed by atoms with Crippen molar-refractivity contribution in [2.45, 2.75) is 13.5 Å². The van der Waals surface area contributed by atoms with Gasteiger partial charge in [-0.15, -0.1) is 11.3 Å². The van der Waals surface area contributed by atoms with E-state index in [1.807, 2.05) is 25.1 Å². The number of anilines is 2. The first-order valence-corrected chi connectivity index (χ1v) is 8.27. The number of rotatable bonds is 6. The zero-order valence-corrected chi connectivity index (χ0v) is 14.1. The van der Waals surface area contributed by atoms with E-state index in [1.165, 1.54) is 12.1 Å². The summed E-state index contributed by atoms with van der Waals surface area (Å²) < 4.78 is 30.2. The molecule has 1 amide bonds. The van der Waals surface area contributed by atoms with Crippen LogP contribution in [0.2, 0.25) is 0 Å². The molecule has 0 aliphatic rings. The van der Waals surface area contributed by atoms with Crippen LogP contribution < -0.4 is 15.4 Å². The molecule has 0 saturated carbocycles. The number of nitrogens with one attached hydrogen (secondary N) is 2. The average Bonchev–Trinajstić information content (AvgIpc) is 2.93. The van der Waals surface area contributed by atoms with Crippen molar-refractivity contribution in [1.82, 2.24) is 4.98 Å². The number of amides is 1. The van der Waals surface area contributed by atoms with E-state index in [9.17, 15) is 13.6 Å². The Labute approximate surface area is 146 Å². The van der Waals surface area contributed by atoms with Gasteiger partial charge in [0, 0.05) is 5.69 Å². The van der Waals surface area contributed by atoms with Crippen molar-refractivity contribution in [1.29, 1.82) is 0 Å². The number of aromatic nitrogens is 1. The SMILES string of the molecule is Cc1nc2ccc(NCC(=O)Nc3ccccc3OC(F)F)cc2s1. The number of hydrogen-bond donors (Lipinski definition) is 2. The lowest BCUT2D eigenvalue weighted by Gasteiger charge is -2.12. The molecule has 5 nitrogen and oxygen atoms in total. The second kappa shape index (κ2) is 7.43. The van der Waals surface area contributed by atoms with E-state index < -0.39 is 6.61 Å². The van der Waals surface area contributed by atoms with Crippen molar-refractivity contribution >= 4 is 38.8 Å². The van der Waals surface area contributed by atoms with E-state index in [0.29, 0.717) is 0 Å². The maximum absolute atomic E-state index is 12.4. The highest BCUT2D eigenvalue weighted by Crippen LogP contribution is 2.26. The zero-order chi connectivity index (χ0) is 17.8. The highest BCUT2D eigenvalue weighted by atomic mass is 32.1. The van der Waals surface area contributed by atoms with Gasteiger partial charge in [-0.3, -0.25) is 4.79 Å². The van der Waals surface area contributed by atoms with Gasteiger partial charge in [0.1, 0.15) is 5.75 Å². The summed E-state index contributed by atoms with van der Waals surface area (Å²) in [4.78, 5) is 16.4. The second-order valence-electron chi connectivity index (χ2n) is 5.19. The molecule has 0 atom stereocenters. The lowest BCUT2D eigenvalue weighted by atomic mass is 10.3. The van der Waals surface area contributed by atoms with Gasteiger partial charge < -0.3 is 15.4 Å². The fraction of sp³-hybridized carbons (Fsp3) is 0.176. The number of hydrogen-bond acceptors (Lipinski definition) is 5. The Morgan fingerprint density at radius 1 is 1.28 bits per heavy atom. The number of aryl methyl sites for hydroxylation is 1. The fourth-order valence-corrected chi connectivity index (χ4v) is 3.16. The molecule has 3 rings (SSSR count). The molecule has 2 N–H and O–H groups in total. The summed E-state index contributed by atoms with van der Waals surface area (Å²) in [6.07, 6.45) is 0. The van der Waals surface area contributed by atoms with E-state index in [1.54, 1.807) is 23.5 Å². The van der Waals surface area contributed by atoms with E-state index in [0.717, 1.165) is 20.9 Å². The van der Waals surface area contributed by atoms with Crippen LogP contribution in [-0.4, -0.2) is 24.0 Å². The van der Waals surface area contributed by atoms with Crippen LogP contribution in [0.3, 0.4) is 0 Å². The molecule has 1 heterocycles. The maximum atomic E-state index is 12.4. The van der Waals surface area contributed by atoms with Gasteiger partial charge in [0.2, 0.25) is 5.91 Å². The molecule has 0 unspecified atom stereocenters. The molecule has 0 aliphatic heterocycles. The monoisotopic (exact) mass is 363 g/mol. The molecule has 3 aromatic rings. The quantitative estimate of drug-likeness (QED) is 0.687. The van der Waals surface area contributed by atoms with Crippen molar-refractivity contribution in [2.24, 2.45) is 0 Å². The van der Waals surface area contributed by atoms with Gasteiger partial charge in [-0.25, -0.2) is 4.98 Å². The predicted molar refractivity (Wildman–Crippen MR) is 94.6 cm³/mol. The third kappa shape index (κ3) is 4.42. The van der Waals surface area contributed by atoms with Crippen molar-refractivity contribution in [3.63, 3.8) is 0 Å². The number of fused-ring (bicyclic) bond motifs is 1. The third-order valence-corrected chi connectivity index (χ3v) is 4.26. The number of thiazole rings is 1. The summed E-state index contributed by atoms with van der Waals surface area (Å²) in [6, 6.07) is 11.7. The van der Waals surface area contributed by atoms with E-state index in [-0.39, 0.29) is 23.9 Å². The van der Waals surface area contributed by atoms with Crippen LogP contribution in [0.15, 0.2) is 42.5 Å². The van der Waals surface area contributed by atoms with Gasteiger partial charge >= 0.3 is 6.61 Å². The molecule has 0 spiro atoms. The molecular weight excluding hydrogens is 348 g/mol. The van der Waals surface area contributed by atoms with Crippen molar-refractivity contribution < 1.29 is 18.3 Å². The minimum Gasteiger partial charge on any atom is -0.433 e. The molecular formula is C17H15F2N3O2S. The average molecular weight is 363 g/mol. The summed E-state index contributed by atoms with van der Waals surface area (Å²) in [7, 11) is 0. The second-order valence-corrected chi connectivity index (χ2v) is 6.43. The van der Waals surface area contributed by atoms with Gasteiger partial charge in [0.05, 0.1) is 27.5 Å². The normalized spacial score (nSPS) is 10.9. The first kappa shape index (κ1) is 17.1. The number of alkyl halides is 2. The van der Waals surface area contributed by atoms with Crippen molar-refractivity contribution in [3.05, 3.63) is 47.5 Å². The molecule has 0 bridgehead atoms. The van der Waals surface area contributed by atoms with Crippen LogP contribution in [-0.2, 0) is 4.79 Å². The highest BCUT2D eigenvalue weighted by molar-refractivity contribution is 7.18. The number of ether oxygens (including phenoxy) is 1. The van der Waals surface area contributed by atoms with Crippen molar-refractivity contribution in [2.75, 3.05) is 17.2 Å². The van der Waals surface area contributed by atoms with E-state index in [4.69, 9.17) is 0 Å². The summed E-state index contributed by atoms with van der Waals surface area (Å²) in [5, 5.41) is 6.53. The Morgan fingerprint density at radius 3 is 2.88 bits per heavy atom. The molecule has 25 heavy (non-hydrogen) atoms. The number of benzene rings is 2. The Balaban J connectivity index is 1.62. The van der Waals surface area contributed by atoms with Gasteiger partial charge in [-0.1, -0.05) is 12.1 Å². The van der Waals surface area contributed by atoms with Gasteiger partial charge in [-0.2, -0.15) is 8.78 Å². The highest BCUT2D eigenvalue weighted by Gasteiger charge is 2.11. The maximum Gasteiger partial charge on any atom is 0.387 e. The molecule has 0 saturated heterocycles. The Hall–Kier alpha value is -2.74. The first-order chi connectivity index (χ1) is 12.0. The van der Waals surface area contributed by atoms with Gasteiger partial charge in [0.15, 0.2) is 0 Å². The molecule has 0 aliphatic carbocycles. The van der Waals surface area contributed by atoms with E-state index >= 15 is 0 Å². The number of nitrogens with zero attached hydrogens (tertiary/aromatic N) is 1. The van der Waals surface area contributed by atoms with Gasteiger partial charge in [-0.05, 0) is 37.3 Å². The number of para-hydroxylation sites is 2.